The van der Waals surface area contributed by atoms with Crippen LogP contribution in [0.3, 0.4) is 0 Å². The summed E-state index contributed by atoms with van der Waals surface area (Å²) in [4.78, 5) is 34.7. The van der Waals surface area contributed by atoms with Crippen LogP contribution in [0.4, 0.5) is 0 Å². The minimum absolute atomic E-state index is 0.0621. The molecule has 0 saturated carbocycles. The molecule has 0 radical (unpaired) electrons. The predicted molar refractivity (Wildman–Crippen MR) is 97.7 cm³/mol. The van der Waals surface area contributed by atoms with Crippen LogP contribution in [0.25, 0.3) is 0 Å². The van der Waals surface area contributed by atoms with E-state index in [1.807, 2.05) is 27.7 Å². The fourth-order valence-electron chi connectivity index (χ4n) is 1.81. The van der Waals surface area contributed by atoms with Crippen molar-refractivity contribution in [1.29, 1.82) is 0 Å². The van der Waals surface area contributed by atoms with E-state index in [1.165, 1.54) is 0 Å². The molecule has 1 unspecified atom stereocenters. The van der Waals surface area contributed by atoms with Gasteiger partial charge in [-0.2, -0.15) is 0 Å². The lowest BCUT2D eigenvalue weighted by atomic mass is 10.1. The zero-order valence-corrected chi connectivity index (χ0v) is 16.4. The van der Waals surface area contributed by atoms with Gasteiger partial charge in [-0.1, -0.05) is 50.3 Å². The van der Waals surface area contributed by atoms with E-state index >= 15 is 0 Å². The van der Waals surface area contributed by atoms with Crippen molar-refractivity contribution in [3.8, 4) is 0 Å². The third kappa shape index (κ3) is 13.3. The number of alkyl halides is 1. The Balaban J connectivity index is 4.16. The zero-order chi connectivity index (χ0) is 18.0. The number of carbonyl (C=O) groups is 3. The van der Waals surface area contributed by atoms with Gasteiger partial charge in [0.2, 0.25) is 11.8 Å². The summed E-state index contributed by atoms with van der Waals surface area (Å²) in [5, 5.41) is 17.5. The fraction of sp³-hybridized carbons (Fsp3) is 0.800. The minimum atomic E-state index is -1.13. The van der Waals surface area contributed by atoms with Crippen LogP contribution in [0.1, 0.15) is 47.0 Å². The zero-order valence-electron chi connectivity index (χ0n) is 14.2. The van der Waals surface area contributed by atoms with Gasteiger partial charge in [-0.25, -0.2) is 4.79 Å². The molecule has 4 N–H and O–H groups in total. The van der Waals surface area contributed by atoms with Gasteiger partial charge in [0.1, 0.15) is 6.04 Å². The molecular weight excluding hydrogens is 413 g/mol. The molecule has 0 saturated heterocycles. The normalized spacial score (nSPS) is 12.8. The first-order chi connectivity index (χ1) is 10.5. The van der Waals surface area contributed by atoms with Gasteiger partial charge in [-0.05, 0) is 6.42 Å². The number of halogens is 1. The van der Waals surface area contributed by atoms with Crippen LogP contribution in [0.2, 0.25) is 0 Å². The number of aliphatic carboxylic acids is 1. The number of nitrogens with one attached hydrogen (secondary N) is 3. The van der Waals surface area contributed by atoms with E-state index in [4.69, 9.17) is 5.11 Å². The highest BCUT2D eigenvalue weighted by Crippen LogP contribution is 2.20. The highest BCUT2D eigenvalue weighted by Gasteiger charge is 2.24. The average molecular weight is 441 g/mol. The third-order valence-corrected chi connectivity index (χ3v) is 3.26. The molecule has 8 heteroatoms. The van der Waals surface area contributed by atoms with Crippen LogP contribution < -0.4 is 16.0 Å². The molecule has 0 fully saturated rings. The quantitative estimate of drug-likeness (QED) is 0.218. The van der Waals surface area contributed by atoms with Gasteiger partial charge in [0, 0.05) is 35.4 Å². The van der Waals surface area contributed by atoms with E-state index in [0.717, 1.165) is 0 Å². The Morgan fingerprint density at radius 2 is 1.74 bits per heavy atom. The number of carbonyl (C=O) groups excluding carboxylic acids is 2. The van der Waals surface area contributed by atoms with Crippen LogP contribution >= 0.6 is 22.6 Å². The molecule has 0 aliphatic heterocycles. The highest BCUT2D eigenvalue weighted by atomic mass is 127. The second kappa shape index (κ2) is 10.8. The Morgan fingerprint density at radius 1 is 1.13 bits per heavy atom. The first kappa shape index (κ1) is 22.1. The van der Waals surface area contributed by atoms with Crippen LogP contribution in [-0.2, 0) is 14.4 Å². The van der Waals surface area contributed by atoms with Crippen molar-refractivity contribution < 1.29 is 19.5 Å². The van der Waals surface area contributed by atoms with Crippen molar-refractivity contribution in [3.05, 3.63) is 0 Å². The van der Waals surface area contributed by atoms with Gasteiger partial charge >= 0.3 is 5.97 Å². The molecule has 0 aromatic rings. The van der Waals surface area contributed by atoms with Crippen LogP contribution in [0.5, 0.6) is 0 Å². The van der Waals surface area contributed by atoms with E-state index in [1.54, 1.807) is 0 Å². The standard InChI is InChI=1S/C15H28IN3O4/c1-10(2)17-7-8-18-12(20)6-5-11(14(22)23)19-13(21)9-15(3,4)16/h10-11,17H,5-9H2,1-4H3,(H,18,20)(H,19,21)(H,22,23). The van der Waals surface area contributed by atoms with Crippen LogP contribution in [0, 0.1) is 0 Å². The van der Waals surface area contributed by atoms with Crippen molar-refractivity contribution in [1.82, 2.24) is 16.0 Å². The van der Waals surface area contributed by atoms with E-state index in [2.05, 4.69) is 38.5 Å². The molecule has 0 aliphatic rings. The Labute approximate surface area is 151 Å². The second-order valence-corrected chi connectivity index (χ2v) is 9.27. The van der Waals surface area contributed by atoms with E-state index in [9.17, 15) is 14.4 Å². The topological polar surface area (TPSA) is 108 Å². The largest absolute Gasteiger partial charge is 0.480 e. The lowest BCUT2D eigenvalue weighted by Crippen LogP contribution is -2.43. The number of hydrogen-bond donors (Lipinski definition) is 4. The summed E-state index contributed by atoms with van der Waals surface area (Å²) in [6.45, 7) is 8.96. The molecule has 2 amide bonds. The van der Waals surface area contributed by atoms with E-state index in [0.29, 0.717) is 19.1 Å². The lowest BCUT2D eigenvalue weighted by Gasteiger charge is -2.19. The number of hydrogen-bond acceptors (Lipinski definition) is 4. The molecular formula is C15H28IN3O4. The molecule has 1 atom stereocenters. The average Bonchev–Trinajstić information content (AvgIpc) is 2.36. The third-order valence-electron chi connectivity index (χ3n) is 2.87. The highest BCUT2D eigenvalue weighted by molar-refractivity contribution is 14.1. The first-order valence-corrected chi connectivity index (χ1v) is 8.80. The van der Waals surface area contributed by atoms with Crippen molar-refractivity contribution in [2.75, 3.05) is 13.1 Å². The molecule has 0 aromatic heterocycles. The maximum atomic E-state index is 11.8. The van der Waals surface area contributed by atoms with Gasteiger partial charge < -0.3 is 21.1 Å². The molecule has 0 bridgehead atoms. The number of amides is 2. The summed E-state index contributed by atoms with van der Waals surface area (Å²) in [6, 6.07) is -0.693. The maximum Gasteiger partial charge on any atom is 0.326 e. The number of rotatable bonds is 11. The fourth-order valence-corrected chi connectivity index (χ4v) is 2.16. The summed E-state index contributed by atoms with van der Waals surface area (Å²) in [5.74, 6) is -1.66. The summed E-state index contributed by atoms with van der Waals surface area (Å²) in [6.07, 6.45) is 0.364. The maximum absolute atomic E-state index is 11.8. The molecule has 0 aromatic carbocycles. The summed E-state index contributed by atoms with van der Waals surface area (Å²) >= 11 is 2.13. The Hall–Kier alpha value is -0.900. The molecule has 0 heterocycles. The second-order valence-electron chi connectivity index (χ2n) is 6.35. The number of carboxylic acids is 1. The molecule has 0 aliphatic carbocycles. The minimum Gasteiger partial charge on any atom is -0.480 e. The molecule has 0 spiro atoms. The molecule has 7 nitrogen and oxygen atoms in total. The van der Waals surface area contributed by atoms with Gasteiger partial charge in [0.25, 0.3) is 0 Å². The van der Waals surface area contributed by atoms with Crippen molar-refractivity contribution in [3.63, 3.8) is 0 Å². The smallest absolute Gasteiger partial charge is 0.326 e. The van der Waals surface area contributed by atoms with Gasteiger partial charge in [0.15, 0.2) is 0 Å². The summed E-state index contributed by atoms with van der Waals surface area (Å²) < 4.78 is -0.244. The number of carboxylic acid groups (broad SMARTS) is 1. The summed E-state index contributed by atoms with van der Waals surface area (Å²) in [5.41, 5.74) is 0. The van der Waals surface area contributed by atoms with Crippen molar-refractivity contribution in [2.24, 2.45) is 0 Å². The first-order valence-electron chi connectivity index (χ1n) is 7.72. The molecule has 134 valence electrons. The van der Waals surface area contributed by atoms with Crippen molar-refractivity contribution in [2.45, 2.75) is 62.5 Å². The van der Waals surface area contributed by atoms with Gasteiger partial charge in [-0.15, -0.1) is 0 Å². The van der Waals surface area contributed by atoms with E-state index < -0.39 is 12.0 Å². The van der Waals surface area contributed by atoms with Crippen LogP contribution in [-0.4, -0.2) is 51.5 Å². The monoisotopic (exact) mass is 441 g/mol. The lowest BCUT2D eigenvalue weighted by molar-refractivity contribution is -0.142. The Morgan fingerprint density at radius 3 is 2.22 bits per heavy atom. The van der Waals surface area contributed by atoms with Crippen LogP contribution in [0.15, 0.2) is 0 Å². The Bertz CT molecular complexity index is 408. The van der Waals surface area contributed by atoms with Crippen molar-refractivity contribution >= 4 is 40.4 Å². The van der Waals surface area contributed by atoms with E-state index in [-0.39, 0.29) is 34.5 Å². The molecule has 0 rings (SSSR count). The Kier molecular flexibility index (Phi) is 10.4. The van der Waals surface area contributed by atoms with Gasteiger partial charge in [-0.3, -0.25) is 9.59 Å². The van der Waals surface area contributed by atoms with Gasteiger partial charge in [0.05, 0.1) is 0 Å². The summed E-state index contributed by atoms with van der Waals surface area (Å²) in [7, 11) is 0. The predicted octanol–water partition coefficient (Wildman–Crippen LogP) is 1.05. The SMILES string of the molecule is CC(C)NCCNC(=O)CCC(NC(=O)CC(C)(C)I)C(=O)O. The molecule has 23 heavy (non-hydrogen) atoms.